The van der Waals surface area contributed by atoms with Crippen molar-refractivity contribution in [1.29, 1.82) is 0 Å². The number of halogens is 2. The van der Waals surface area contributed by atoms with Crippen LogP contribution in [0.5, 0.6) is 5.75 Å². The number of fused-ring (bicyclic) bond motifs is 3. The first-order valence-electron chi connectivity index (χ1n) is 8.67. The molecule has 2 aliphatic rings. The van der Waals surface area contributed by atoms with Crippen molar-refractivity contribution in [3.05, 3.63) is 93.7 Å². The fraction of sp³-hybridized carbons (Fsp3) is 0.143. The minimum atomic E-state index is -0.392. The first-order chi connectivity index (χ1) is 13.2. The molecule has 6 heteroatoms. The van der Waals surface area contributed by atoms with Crippen LogP contribution in [-0.2, 0) is 0 Å². The maximum absolute atomic E-state index is 6.47. The molecule has 4 nitrogen and oxygen atoms in total. The topological polar surface area (TPSA) is 37.7 Å². The fourth-order valence-electron chi connectivity index (χ4n) is 3.66. The summed E-state index contributed by atoms with van der Waals surface area (Å²) < 4.78 is 6.32. The van der Waals surface area contributed by atoms with E-state index in [-0.39, 0.29) is 6.04 Å². The molecule has 0 bridgehead atoms. The molecule has 3 aromatic rings. The molecule has 27 heavy (non-hydrogen) atoms. The zero-order valence-electron chi connectivity index (χ0n) is 14.2. The van der Waals surface area contributed by atoms with Gasteiger partial charge in [0.25, 0.3) is 0 Å². The summed E-state index contributed by atoms with van der Waals surface area (Å²) in [5.74, 6) is 0.816. The molecule has 2 aromatic carbocycles. The lowest BCUT2D eigenvalue weighted by Gasteiger charge is -2.38. The second-order valence-electron chi connectivity index (χ2n) is 6.56. The standard InChI is InChI=1S/C21H15Cl2N3O/c22-14-5-6-20-16(11-14)19-12-18(13-7-9-24-10-8-13)25-26(19)21(27-20)15-3-1-2-4-17(15)23/h1-11,19,21H,12H2/t19-,21+/m0/s1. The minimum Gasteiger partial charge on any atom is -0.464 e. The van der Waals surface area contributed by atoms with Crippen molar-refractivity contribution < 1.29 is 4.74 Å². The van der Waals surface area contributed by atoms with Crippen LogP contribution in [0.15, 0.2) is 72.1 Å². The Hall–Kier alpha value is -2.56. The molecule has 5 rings (SSSR count). The number of aromatic nitrogens is 1. The lowest BCUT2D eigenvalue weighted by molar-refractivity contribution is -0.0189. The van der Waals surface area contributed by atoms with Gasteiger partial charge in [-0.2, -0.15) is 5.10 Å². The normalized spacial score (nSPS) is 20.5. The Kier molecular flexibility index (Phi) is 4.03. The molecule has 2 atom stereocenters. The number of nitrogens with zero attached hydrogens (tertiary/aromatic N) is 3. The monoisotopic (exact) mass is 395 g/mol. The van der Waals surface area contributed by atoms with Gasteiger partial charge in [0.05, 0.1) is 11.8 Å². The Morgan fingerprint density at radius 2 is 1.78 bits per heavy atom. The molecule has 2 aliphatic heterocycles. The van der Waals surface area contributed by atoms with Gasteiger partial charge in [-0.3, -0.25) is 4.98 Å². The van der Waals surface area contributed by atoms with Crippen LogP contribution in [0.25, 0.3) is 0 Å². The molecule has 0 unspecified atom stereocenters. The van der Waals surface area contributed by atoms with Crippen LogP contribution in [0.1, 0.15) is 35.4 Å². The highest BCUT2D eigenvalue weighted by Crippen LogP contribution is 2.48. The second kappa shape index (κ2) is 6.55. The van der Waals surface area contributed by atoms with Crippen molar-refractivity contribution in [2.24, 2.45) is 5.10 Å². The van der Waals surface area contributed by atoms with Gasteiger partial charge in [-0.25, -0.2) is 5.01 Å². The molecule has 1 aromatic heterocycles. The van der Waals surface area contributed by atoms with Crippen molar-refractivity contribution in [3.63, 3.8) is 0 Å². The van der Waals surface area contributed by atoms with Gasteiger partial charge < -0.3 is 4.74 Å². The van der Waals surface area contributed by atoms with Gasteiger partial charge in [0, 0.05) is 45.6 Å². The van der Waals surface area contributed by atoms with Crippen molar-refractivity contribution in [2.45, 2.75) is 18.7 Å². The summed E-state index contributed by atoms with van der Waals surface area (Å²) in [4.78, 5) is 4.10. The third-order valence-electron chi connectivity index (χ3n) is 4.94. The highest BCUT2D eigenvalue weighted by atomic mass is 35.5. The number of pyridine rings is 1. The summed E-state index contributed by atoms with van der Waals surface area (Å²) in [6.07, 6.45) is 3.93. The van der Waals surface area contributed by atoms with Crippen LogP contribution in [0, 0.1) is 0 Å². The molecule has 0 saturated heterocycles. The molecule has 0 amide bonds. The van der Waals surface area contributed by atoms with E-state index in [1.807, 2.05) is 59.6 Å². The van der Waals surface area contributed by atoms with E-state index in [2.05, 4.69) is 4.98 Å². The molecule has 0 aliphatic carbocycles. The van der Waals surface area contributed by atoms with Crippen LogP contribution in [-0.4, -0.2) is 15.7 Å². The van der Waals surface area contributed by atoms with E-state index in [1.54, 1.807) is 12.4 Å². The smallest absolute Gasteiger partial charge is 0.215 e. The molecule has 134 valence electrons. The van der Waals surface area contributed by atoms with Gasteiger partial charge >= 0.3 is 0 Å². The Bertz CT molecular complexity index is 1040. The lowest BCUT2D eigenvalue weighted by atomic mass is 9.96. The summed E-state index contributed by atoms with van der Waals surface area (Å²) in [6.45, 7) is 0. The minimum absolute atomic E-state index is 0.0388. The molecule has 0 radical (unpaired) electrons. The predicted octanol–water partition coefficient (Wildman–Crippen LogP) is 5.63. The summed E-state index contributed by atoms with van der Waals surface area (Å²) in [6, 6.07) is 17.4. The fourth-order valence-corrected chi connectivity index (χ4v) is 4.07. The van der Waals surface area contributed by atoms with Crippen molar-refractivity contribution in [3.8, 4) is 5.75 Å². The average Bonchev–Trinajstić information content (AvgIpc) is 3.15. The van der Waals surface area contributed by atoms with Crippen LogP contribution < -0.4 is 4.74 Å². The number of ether oxygens (including phenoxy) is 1. The van der Waals surface area contributed by atoms with E-state index in [0.29, 0.717) is 10.0 Å². The molecule has 3 heterocycles. The number of rotatable bonds is 2. The molecular weight excluding hydrogens is 381 g/mol. The zero-order valence-corrected chi connectivity index (χ0v) is 15.7. The number of hydrogen-bond donors (Lipinski definition) is 0. The van der Waals surface area contributed by atoms with E-state index >= 15 is 0 Å². The van der Waals surface area contributed by atoms with Gasteiger partial charge in [0.2, 0.25) is 6.23 Å². The van der Waals surface area contributed by atoms with Crippen LogP contribution in [0.3, 0.4) is 0 Å². The molecule has 0 saturated carbocycles. The first kappa shape index (κ1) is 16.6. The Morgan fingerprint density at radius 1 is 0.963 bits per heavy atom. The summed E-state index contributed by atoms with van der Waals surface area (Å²) in [7, 11) is 0. The number of hydrazone groups is 1. The molecule has 0 spiro atoms. The molecule has 0 fully saturated rings. The van der Waals surface area contributed by atoms with E-state index in [1.165, 1.54) is 0 Å². The zero-order chi connectivity index (χ0) is 18.4. The number of benzene rings is 2. The maximum Gasteiger partial charge on any atom is 0.215 e. The summed E-state index contributed by atoms with van der Waals surface area (Å²) in [5.41, 5.74) is 3.99. The predicted molar refractivity (Wildman–Crippen MR) is 106 cm³/mol. The second-order valence-corrected chi connectivity index (χ2v) is 7.40. The van der Waals surface area contributed by atoms with Gasteiger partial charge in [-0.15, -0.1) is 0 Å². The first-order valence-corrected chi connectivity index (χ1v) is 9.43. The van der Waals surface area contributed by atoms with E-state index in [0.717, 1.165) is 34.6 Å². The highest BCUT2D eigenvalue weighted by Gasteiger charge is 2.41. The average molecular weight is 396 g/mol. The van der Waals surface area contributed by atoms with E-state index in [9.17, 15) is 0 Å². The van der Waals surface area contributed by atoms with Crippen LogP contribution in [0.2, 0.25) is 10.0 Å². The quantitative estimate of drug-likeness (QED) is 0.563. The van der Waals surface area contributed by atoms with Crippen molar-refractivity contribution in [1.82, 2.24) is 9.99 Å². The van der Waals surface area contributed by atoms with E-state index in [4.69, 9.17) is 33.0 Å². The van der Waals surface area contributed by atoms with Crippen molar-refractivity contribution in [2.75, 3.05) is 0 Å². The van der Waals surface area contributed by atoms with Gasteiger partial charge in [-0.1, -0.05) is 41.4 Å². The van der Waals surface area contributed by atoms with Crippen LogP contribution in [0.4, 0.5) is 0 Å². The van der Waals surface area contributed by atoms with E-state index < -0.39 is 6.23 Å². The molecule has 0 N–H and O–H groups in total. The summed E-state index contributed by atoms with van der Waals surface area (Å²) in [5, 5.41) is 8.24. The molecular formula is C21H15Cl2N3O. The van der Waals surface area contributed by atoms with Gasteiger partial charge in [-0.05, 0) is 36.4 Å². The maximum atomic E-state index is 6.47. The van der Waals surface area contributed by atoms with Gasteiger partial charge in [0.15, 0.2) is 0 Å². The summed E-state index contributed by atoms with van der Waals surface area (Å²) >= 11 is 12.7. The largest absolute Gasteiger partial charge is 0.464 e. The van der Waals surface area contributed by atoms with Crippen LogP contribution >= 0.6 is 23.2 Å². The number of hydrogen-bond acceptors (Lipinski definition) is 4. The third-order valence-corrected chi connectivity index (χ3v) is 5.52. The highest BCUT2D eigenvalue weighted by molar-refractivity contribution is 6.31. The van der Waals surface area contributed by atoms with Crippen molar-refractivity contribution >= 4 is 28.9 Å². The Morgan fingerprint density at radius 3 is 2.59 bits per heavy atom. The SMILES string of the molecule is Clc1ccc2c(c1)[C@@H]1CC(c3ccncc3)=NN1[C@@H](c1ccccc1Cl)O2. The lowest BCUT2D eigenvalue weighted by Crippen LogP contribution is -2.33. The Balaban J connectivity index is 1.64. The Labute approximate surface area is 167 Å². The van der Waals surface area contributed by atoms with Gasteiger partial charge in [0.1, 0.15) is 5.75 Å². The third kappa shape index (κ3) is 2.85.